The maximum Gasteiger partial charge on any atom is 0.284 e. The third-order valence-electron chi connectivity index (χ3n) is 2.89. The molecule has 0 saturated carbocycles. The molecule has 0 saturated heterocycles. The Hall–Kier alpha value is -2.82. The first kappa shape index (κ1) is 10.1. The van der Waals surface area contributed by atoms with Crippen LogP contribution in [0.4, 0.5) is 5.69 Å². The van der Waals surface area contributed by atoms with Crippen LogP contribution in [0, 0.1) is 0 Å². The van der Waals surface area contributed by atoms with E-state index in [1.165, 1.54) is 0 Å². The number of anilines is 1. The molecule has 0 spiro atoms. The number of fused-ring (bicyclic) bond motifs is 2. The van der Waals surface area contributed by atoms with Crippen LogP contribution in [0.2, 0.25) is 0 Å². The zero-order chi connectivity index (χ0) is 12.8. The first-order chi connectivity index (χ1) is 9.29. The van der Waals surface area contributed by atoms with Crippen molar-refractivity contribution in [2.45, 2.75) is 0 Å². The summed E-state index contributed by atoms with van der Waals surface area (Å²) in [6, 6.07) is 12.8. The molecule has 2 aromatic heterocycles. The largest absolute Gasteiger partial charge is 0.432 e. The van der Waals surface area contributed by atoms with Crippen LogP contribution in [0.5, 0.6) is 0 Å². The standard InChI is InChI=1S/C14H9N3O2/c15-8-5-6-10-12(7-8)19-14(17-10)13-16-9-3-1-2-4-11(9)18-13/h1-7H,15H2. The highest BCUT2D eigenvalue weighted by molar-refractivity contribution is 5.80. The SMILES string of the molecule is Nc1ccc2nc(-c3nc4ccccc4o3)oc2c1. The zero-order valence-electron chi connectivity index (χ0n) is 9.83. The summed E-state index contributed by atoms with van der Waals surface area (Å²) in [5.41, 5.74) is 9.17. The Morgan fingerprint density at radius 2 is 1.47 bits per heavy atom. The number of aromatic nitrogens is 2. The molecule has 4 aromatic rings. The van der Waals surface area contributed by atoms with Gasteiger partial charge in [-0.05, 0) is 24.3 Å². The Labute approximate surface area is 107 Å². The van der Waals surface area contributed by atoms with Gasteiger partial charge in [0, 0.05) is 11.8 Å². The normalized spacial score (nSPS) is 11.4. The summed E-state index contributed by atoms with van der Waals surface area (Å²) in [5.74, 6) is 0.729. The second-order valence-electron chi connectivity index (χ2n) is 4.23. The highest BCUT2D eigenvalue weighted by atomic mass is 16.4. The van der Waals surface area contributed by atoms with Crippen molar-refractivity contribution in [1.82, 2.24) is 9.97 Å². The molecule has 5 heteroatoms. The molecule has 2 aromatic carbocycles. The predicted molar refractivity (Wildman–Crippen MR) is 71.4 cm³/mol. The molecule has 92 valence electrons. The average Bonchev–Trinajstić information content (AvgIpc) is 3.00. The second-order valence-corrected chi connectivity index (χ2v) is 4.23. The van der Waals surface area contributed by atoms with Gasteiger partial charge < -0.3 is 14.6 Å². The molecule has 5 nitrogen and oxygen atoms in total. The highest BCUT2D eigenvalue weighted by Crippen LogP contribution is 2.27. The van der Waals surface area contributed by atoms with E-state index in [9.17, 15) is 0 Å². The molecule has 0 unspecified atom stereocenters. The lowest BCUT2D eigenvalue weighted by atomic mass is 10.3. The molecule has 0 amide bonds. The number of nitrogens with zero attached hydrogens (tertiary/aromatic N) is 2. The lowest BCUT2D eigenvalue weighted by Crippen LogP contribution is -1.81. The molecule has 0 aliphatic carbocycles. The molecule has 0 radical (unpaired) electrons. The third-order valence-corrected chi connectivity index (χ3v) is 2.89. The lowest BCUT2D eigenvalue weighted by Gasteiger charge is -1.88. The average molecular weight is 251 g/mol. The number of hydrogen-bond acceptors (Lipinski definition) is 5. The fourth-order valence-electron chi connectivity index (χ4n) is 2.00. The van der Waals surface area contributed by atoms with Gasteiger partial charge in [0.25, 0.3) is 11.8 Å². The van der Waals surface area contributed by atoms with Crippen LogP contribution in [0.25, 0.3) is 34.0 Å². The molecule has 0 aliphatic heterocycles. The topological polar surface area (TPSA) is 78.1 Å². The summed E-state index contributed by atoms with van der Waals surface area (Å²) >= 11 is 0. The predicted octanol–water partition coefficient (Wildman–Crippen LogP) is 3.22. The van der Waals surface area contributed by atoms with E-state index < -0.39 is 0 Å². The number of benzene rings is 2. The van der Waals surface area contributed by atoms with E-state index in [1.807, 2.05) is 24.3 Å². The fourth-order valence-corrected chi connectivity index (χ4v) is 2.00. The molecule has 0 atom stereocenters. The van der Waals surface area contributed by atoms with Crippen LogP contribution in [-0.4, -0.2) is 9.97 Å². The monoisotopic (exact) mass is 251 g/mol. The van der Waals surface area contributed by atoms with Crippen LogP contribution in [-0.2, 0) is 0 Å². The van der Waals surface area contributed by atoms with Gasteiger partial charge in [-0.15, -0.1) is 0 Å². The van der Waals surface area contributed by atoms with Gasteiger partial charge >= 0.3 is 0 Å². The molecular weight excluding hydrogens is 242 g/mol. The molecule has 0 fully saturated rings. The zero-order valence-corrected chi connectivity index (χ0v) is 9.83. The molecular formula is C14H9N3O2. The van der Waals surface area contributed by atoms with E-state index >= 15 is 0 Å². The van der Waals surface area contributed by atoms with E-state index in [1.54, 1.807) is 18.2 Å². The third kappa shape index (κ3) is 1.55. The minimum atomic E-state index is 0.358. The van der Waals surface area contributed by atoms with Crippen molar-refractivity contribution >= 4 is 27.9 Å². The van der Waals surface area contributed by atoms with Gasteiger partial charge in [0.1, 0.15) is 11.0 Å². The van der Waals surface area contributed by atoms with Crippen LogP contribution in [0.1, 0.15) is 0 Å². The van der Waals surface area contributed by atoms with Gasteiger partial charge in [-0.25, -0.2) is 9.97 Å². The first-order valence-electron chi connectivity index (χ1n) is 5.81. The van der Waals surface area contributed by atoms with Gasteiger partial charge in [-0.3, -0.25) is 0 Å². The number of nitrogen functional groups attached to an aromatic ring is 1. The van der Waals surface area contributed by atoms with Gasteiger partial charge in [0.15, 0.2) is 11.2 Å². The first-order valence-corrected chi connectivity index (χ1v) is 5.81. The quantitative estimate of drug-likeness (QED) is 0.525. The van der Waals surface area contributed by atoms with Gasteiger partial charge in [0.2, 0.25) is 0 Å². The van der Waals surface area contributed by atoms with Crippen molar-refractivity contribution in [2.24, 2.45) is 0 Å². The van der Waals surface area contributed by atoms with Crippen molar-refractivity contribution in [3.63, 3.8) is 0 Å². The fraction of sp³-hybridized carbons (Fsp3) is 0. The number of para-hydroxylation sites is 2. The van der Waals surface area contributed by atoms with E-state index in [0.717, 1.165) is 11.0 Å². The number of hydrogen-bond donors (Lipinski definition) is 1. The smallest absolute Gasteiger partial charge is 0.284 e. The van der Waals surface area contributed by atoms with Gasteiger partial charge in [-0.2, -0.15) is 0 Å². The minimum Gasteiger partial charge on any atom is -0.432 e. The van der Waals surface area contributed by atoms with Crippen molar-refractivity contribution in [1.29, 1.82) is 0 Å². The molecule has 2 heterocycles. The van der Waals surface area contributed by atoms with Crippen molar-refractivity contribution in [3.05, 3.63) is 42.5 Å². The number of nitrogens with two attached hydrogens (primary N) is 1. The van der Waals surface area contributed by atoms with Gasteiger partial charge in [0.05, 0.1) is 0 Å². The second kappa shape index (κ2) is 3.58. The summed E-state index contributed by atoms with van der Waals surface area (Å²) in [6.45, 7) is 0. The lowest BCUT2D eigenvalue weighted by molar-refractivity contribution is 0.550. The minimum absolute atomic E-state index is 0.358. The highest BCUT2D eigenvalue weighted by Gasteiger charge is 2.14. The summed E-state index contributed by atoms with van der Waals surface area (Å²) in [5, 5.41) is 0. The van der Waals surface area contributed by atoms with E-state index in [4.69, 9.17) is 14.6 Å². The molecule has 2 N–H and O–H groups in total. The van der Waals surface area contributed by atoms with Crippen LogP contribution < -0.4 is 5.73 Å². The van der Waals surface area contributed by atoms with Crippen LogP contribution in [0.3, 0.4) is 0 Å². The summed E-state index contributed by atoms with van der Waals surface area (Å²) < 4.78 is 11.2. The Kier molecular flexibility index (Phi) is 1.91. The van der Waals surface area contributed by atoms with Crippen molar-refractivity contribution < 1.29 is 8.83 Å². The molecule has 0 bridgehead atoms. The Balaban J connectivity index is 1.93. The van der Waals surface area contributed by atoms with Crippen molar-refractivity contribution in [2.75, 3.05) is 5.73 Å². The van der Waals surface area contributed by atoms with E-state index in [0.29, 0.717) is 28.6 Å². The van der Waals surface area contributed by atoms with Crippen molar-refractivity contribution in [3.8, 4) is 11.8 Å². The Morgan fingerprint density at radius 1 is 0.789 bits per heavy atom. The molecule has 4 rings (SSSR count). The van der Waals surface area contributed by atoms with Gasteiger partial charge in [-0.1, -0.05) is 12.1 Å². The van der Waals surface area contributed by atoms with E-state index in [2.05, 4.69) is 9.97 Å². The van der Waals surface area contributed by atoms with Crippen LogP contribution >= 0.6 is 0 Å². The Morgan fingerprint density at radius 3 is 2.26 bits per heavy atom. The van der Waals surface area contributed by atoms with E-state index in [-0.39, 0.29) is 0 Å². The summed E-state index contributed by atoms with van der Waals surface area (Å²) in [7, 11) is 0. The van der Waals surface area contributed by atoms with Crippen LogP contribution in [0.15, 0.2) is 51.3 Å². The maximum atomic E-state index is 5.71. The Bertz CT molecular complexity index is 859. The molecule has 0 aliphatic rings. The number of rotatable bonds is 1. The maximum absolute atomic E-state index is 5.71. The molecule has 19 heavy (non-hydrogen) atoms. The number of oxazole rings is 2. The summed E-state index contributed by atoms with van der Waals surface area (Å²) in [4.78, 5) is 8.69. The summed E-state index contributed by atoms with van der Waals surface area (Å²) in [6.07, 6.45) is 0.